The second-order valence-electron chi connectivity index (χ2n) is 7.97. The van der Waals surface area contributed by atoms with E-state index >= 15 is 0 Å². The van der Waals surface area contributed by atoms with Gasteiger partial charge in [-0.3, -0.25) is 4.90 Å². The summed E-state index contributed by atoms with van der Waals surface area (Å²) < 4.78 is 27.7. The molecule has 6 nitrogen and oxygen atoms in total. The van der Waals surface area contributed by atoms with Gasteiger partial charge in [-0.15, -0.1) is 6.42 Å². The Balaban J connectivity index is 1.97. The van der Waals surface area contributed by atoms with E-state index in [1.54, 1.807) is 22.9 Å². The van der Waals surface area contributed by atoms with Crippen molar-refractivity contribution < 1.29 is 19.0 Å². The molecule has 1 unspecified atom stereocenters. The molecule has 1 heterocycles. The lowest BCUT2D eigenvalue weighted by molar-refractivity contribution is 0.0259. The molecular formula is C27H32FN3O3. The van der Waals surface area contributed by atoms with Crippen molar-refractivity contribution in [2.24, 2.45) is 0 Å². The predicted octanol–water partition coefficient (Wildman–Crippen LogP) is 4.59. The number of benzene rings is 2. The van der Waals surface area contributed by atoms with Crippen molar-refractivity contribution in [1.29, 1.82) is 0 Å². The van der Waals surface area contributed by atoms with Gasteiger partial charge in [0, 0.05) is 13.1 Å². The van der Waals surface area contributed by atoms with E-state index in [1.807, 2.05) is 37.3 Å². The van der Waals surface area contributed by atoms with Crippen molar-refractivity contribution in [3.8, 4) is 29.7 Å². The van der Waals surface area contributed by atoms with E-state index in [9.17, 15) is 9.50 Å². The highest BCUT2D eigenvalue weighted by molar-refractivity contribution is 5.44. The first-order valence-electron chi connectivity index (χ1n) is 11.6. The third-order valence-corrected chi connectivity index (χ3v) is 5.28. The van der Waals surface area contributed by atoms with Crippen LogP contribution in [-0.2, 0) is 17.7 Å². The lowest BCUT2D eigenvalue weighted by atomic mass is 10.1. The highest BCUT2D eigenvalue weighted by atomic mass is 19.1. The summed E-state index contributed by atoms with van der Waals surface area (Å²) in [5.41, 5.74) is 2.54. The molecule has 0 bridgehead atoms. The third kappa shape index (κ3) is 6.67. The van der Waals surface area contributed by atoms with E-state index in [2.05, 4.69) is 17.7 Å². The normalized spacial score (nSPS) is 12.0. The molecule has 0 radical (unpaired) electrons. The number of hydrogen-bond donors (Lipinski definition) is 1. The van der Waals surface area contributed by atoms with Crippen LogP contribution in [0.3, 0.4) is 0 Å². The van der Waals surface area contributed by atoms with Gasteiger partial charge in [0.25, 0.3) is 0 Å². The molecule has 0 fully saturated rings. The van der Waals surface area contributed by atoms with E-state index < -0.39 is 11.9 Å². The number of rotatable bonds is 13. The highest BCUT2D eigenvalue weighted by Crippen LogP contribution is 2.33. The zero-order valence-corrected chi connectivity index (χ0v) is 19.8. The Hall–Kier alpha value is -3.18. The van der Waals surface area contributed by atoms with Gasteiger partial charge in [-0.2, -0.15) is 5.10 Å². The average Bonchev–Trinajstić information content (AvgIpc) is 3.18. The second-order valence-corrected chi connectivity index (χ2v) is 7.97. The van der Waals surface area contributed by atoms with Crippen molar-refractivity contribution in [3.05, 3.63) is 71.7 Å². The van der Waals surface area contributed by atoms with Crippen LogP contribution in [-0.4, -0.2) is 52.2 Å². The van der Waals surface area contributed by atoms with E-state index in [-0.39, 0.29) is 19.0 Å². The average molecular weight is 466 g/mol. The number of aliphatic hydroxyl groups excluding tert-OH is 1. The molecule has 0 saturated carbocycles. The van der Waals surface area contributed by atoms with Gasteiger partial charge in [0.05, 0.1) is 29.7 Å². The molecule has 0 aliphatic heterocycles. The van der Waals surface area contributed by atoms with Crippen LogP contribution >= 0.6 is 0 Å². The van der Waals surface area contributed by atoms with Gasteiger partial charge in [-0.1, -0.05) is 50.1 Å². The molecule has 7 heteroatoms. The molecule has 0 saturated heterocycles. The number of nitrogens with zero attached hydrogens (tertiary/aromatic N) is 3. The van der Waals surface area contributed by atoms with Gasteiger partial charge in [0.2, 0.25) is 5.88 Å². The summed E-state index contributed by atoms with van der Waals surface area (Å²) in [5, 5.41) is 15.3. The van der Waals surface area contributed by atoms with Crippen molar-refractivity contribution in [3.63, 3.8) is 0 Å². The minimum atomic E-state index is -0.690. The van der Waals surface area contributed by atoms with E-state index in [0.717, 1.165) is 29.9 Å². The molecule has 0 aliphatic carbocycles. The molecule has 0 spiro atoms. The number of hydrogen-bond acceptors (Lipinski definition) is 5. The Morgan fingerprint density at radius 3 is 2.56 bits per heavy atom. The maximum Gasteiger partial charge on any atom is 0.227 e. The number of para-hydroxylation sites is 2. The molecule has 1 aromatic heterocycles. The Bertz CT molecular complexity index is 1080. The van der Waals surface area contributed by atoms with Crippen LogP contribution in [0, 0.1) is 18.2 Å². The first kappa shape index (κ1) is 25.4. The van der Waals surface area contributed by atoms with Crippen LogP contribution in [0.4, 0.5) is 4.39 Å². The summed E-state index contributed by atoms with van der Waals surface area (Å²) in [6.45, 7) is 6.07. The number of terminal acetylenes is 1. The molecule has 2 aromatic carbocycles. The number of ether oxygens (including phenoxy) is 2. The smallest absolute Gasteiger partial charge is 0.227 e. The van der Waals surface area contributed by atoms with Crippen molar-refractivity contribution in [2.45, 2.75) is 39.3 Å². The van der Waals surface area contributed by atoms with Gasteiger partial charge in [-0.25, -0.2) is 9.07 Å². The fraction of sp³-hybridized carbons (Fsp3) is 0.370. The highest BCUT2D eigenvalue weighted by Gasteiger charge is 2.24. The van der Waals surface area contributed by atoms with E-state index in [1.165, 1.54) is 6.07 Å². The maximum atomic E-state index is 14.5. The lowest BCUT2D eigenvalue weighted by Crippen LogP contribution is -2.35. The Kier molecular flexibility index (Phi) is 9.65. The monoisotopic (exact) mass is 465 g/mol. The zero-order chi connectivity index (χ0) is 24.3. The molecule has 3 rings (SSSR count). The van der Waals surface area contributed by atoms with Crippen LogP contribution < -0.4 is 4.74 Å². The molecule has 0 amide bonds. The van der Waals surface area contributed by atoms with E-state index in [4.69, 9.17) is 21.0 Å². The van der Waals surface area contributed by atoms with Gasteiger partial charge in [0.1, 0.15) is 6.61 Å². The maximum absolute atomic E-state index is 14.5. The zero-order valence-electron chi connectivity index (χ0n) is 19.8. The van der Waals surface area contributed by atoms with Crippen LogP contribution in [0.5, 0.6) is 11.6 Å². The molecule has 34 heavy (non-hydrogen) atoms. The number of halogens is 1. The summed E-state index contributed by atoms with van der Waals surface area (Å²) in [6.07, 6.45) is 6.11. The summed E-state index contributed by atoms with van der Waals surface area (Å²) in [7, 11) is 0. The van der Waals surface area contributed by atoms with Gasteiger partial charge < -0.3 is 14.6 Å². The summed E-state index contributed by atoms with van der Waals surface area (Å²) in [6, 6.07) is 16.0. The quantitative estimate of drug-likeness (QED) is 0.296. The first-order valence-corrected chi connectivity index (χ1v) is 11.6. The second kappa shape index (κ2) is 12.9. The summed E-state index contributed by atoms with van der Waals surface area (Å²) in [4.78, 5) is 2.13. The molecule has 1 atom stereocenters. The Morgan fingerprint density at radius 2 is 1.88 bits per heavy atom. The Morgan fingerprint density at radius 1 is 1.15 bits per heavy atom. The predicted molar refractivity (Wildman–Crippen MR) is 131 cm³/mol. The molecule has 0 aliphatic rings. The van der Waals surface area contributed by atoms with Gasteiger partial charge in [0.15, 0.2) is 11.6 Å². The SMILES string of the molecule is C#CCOCC(O)CN(CCC)Cc1c(CC)nn(-c2ccccc2)c1Oc1ccccc1F. The van der Waals surface area contributed by atoms with Crippen LogP contribution in [0.1, 0.15) is 31.5 Å². The van der Waals surface area contributed by atoms with Gasteiger partial charge >= 0.3 is 0 Å². The standard InChI is InChI=1S/C27H32FN3O3/c1-4-16-30(18-22(32)20-33-17-5-2)19-23-25(6-3)29-31(21-12-8-7-9-13-21)27(23)34-26-15-11-10-14-24(26)28/h2,7-15,22,32H,4,6,16-20H2,1,3H3. The molecule has 3 aromatic rings. The van der Waals surface area contributed by atoms with Gasteiger partial charge in [-0.05, 0) is 43.7 Å². The third-order valence-electron chi connectivity index (χ3n) is 5.28. The number of aryl methyl sites for hydroxylation is 1. The summed E-state index contributed by atoms with van der Waals surface area (Å²) in [5.74, 6) is 2.56. The number of aliphatic hydroxyl groups is 1. The number of aromatic nitrogens is 2. The fourth-order valence-corrected chi connectivity index (χ4v) is 3.78. The van der Waals surface area contributed by atoms with Crippen molar-refractivity contribution in [2.75, 3.05) is 26.3 Å². The van der Waals surface area contributed by atoms with Crippen LogP contribution in [0.2, 0.25) is 0 Å². The largest absolute Gasteiger partial charge is 0.435 e. The topological polar surface area (TPSA) is 59.8 Å². The Labute approximate surface area is 200 Å². The van der Waals surface area contributed by atoms with Crippen molar-refractivity contribution >= 4 is 0 Å². The fourth-order valence-electron chi connectivity index (χ4n) is 3.78. The van der Waals surface area contributed by atoms with Crippen LogP contribution in [0.25, 0.3) is 5.69 Å². The molecule has 180 valence electrons. The first-order chi connectivity index (χ1) is 16.6. The summed E-state index contributed by atoms with van der Waals surface area (Å²) >= 11 is 0. The minimum Gasteiger partial charge on any atom is -0.435 e. The molecule has 1 N–H and O–H groups in total. The van der Waals surface area contributed by atoms with E-state index in [0.29, 0.717) is 25.4 Å². The van der Waals surface area contributed by atoms with Crippen molar-refractivity contribution in [1.82, 2.24) is 14.7 Å². The lowest BCUT2D eigenvalue weighted by Gasteiger charge is -2.25. The van der Waals surface area contributed by atoms with Crippen LogP contribution in [0.15, 0.2) is 54.6 Å². The molecular weight excluding hydrogens is 433 g/mol. The minimum absolute atomic E-state index is 0.133.